The molecule has 1 unspecified atom stereocenters. The molecular weight excluding hydrogens is 324 g/mol. The van der Waals surface area contributed by atoms with Crippen LogP contribution in [0.4, 0.5) is 0 Å². The molecule has 0 amide bonds. The zero-order valence-corrected chi connectivity index (χ0v) is 13.7. The van der Waals surface area contributed by atoms with E-state index in [1.165, 1.54) is 27.5 Å². The lowest BCUT2D eigenvalue weighted by atomic mass is 9.94. The standard InChI is InChI=1S/C18H17BrN2/c1-12-6-7-16(17(19)10-12)18(20-2)15-5-3-4-13-11-21-9-8-14(13)15/h3-11,18,20H,1-2H3. The van der Waals surface area contributed by atoms with E-state index in [1.807, 2.05) is 19.4 Å². The number of pyridine rings is 1. The van der Waals surface area contributed by atoms with Crippen LogP contribution in [0.1, 0.15) is 22.7 Å². The van der Waals surface area contributed by atoms with Crippen molar-refractivity contribution >= 4 is 26.7 Å². The summed E-state index contributed by atoms with van der Waals surface area (Å²) in [5, 5.41) is 5.84. The van der Waals surface area contributed by atoms with E-state index in [-0.39, 0.29) is 6.04 Å². The highest BCUT2D eigenvalue weighted by atomic mass is 79.9. The molecule has 0 fully saturated rings. The quantitative estimate of drug-likeness (QED) is 0.752. The summed E-state index contributed by atoms with van der Waals surface area (Å²) < 4.78 is 1.13. The van der Waals surface area contributed by atoms with Gasteiger partial charge in [-0.15, -0.1) is 0 Å². The molecule has 2 nitrogen and oxygen atoms in total. The lowest BCUT2D eigenvalue weighted by Crippen LogP contribution is -2.18. The number of hydrogen-bond acceptors (Lipinski definition) is 2. The molecule has 0 spiro atoms. The first-order chi connectivity index (χ1) is 10.2. The van der Waals surface area contributed by atoms with Gasteiger partial charge >= 0.3 is 0 Å². The largest absolute Gasteiger partial charge is 0.309 e. The summed E-state index contributed by atoms with van der Waals surface area (Å²) in [5.74, 6) is 0. The normalized spacial score (nSPS) is 12.5. The SMILES string of the molecule is CNC(c1ccc(C)cc1Br)c1cccc2cnccc12. The molecule has 106 valence electrons. The second-order valence-electron chi connectivity index (χ2n) is 5.19. The molecule has 21 heavy (non-hydrogen) atoms. The lowest BCUT2D eigenvalue weighted by Gasteiger charge is -2.21. The molecule has 3 aromatic rings. The molecule has 1 aromatic heterocycles. The summed E-state index contributed by atoms with van der Waals surface area (Å²) in [7, 11) is 2.00. The third-order valence-electron chi connectivity index (χ3n) is 3.78. The first-order valence-corrected chi connectivity index (χ1v) is 7.76. The number of benzene rings is 2. The van der Waals surface area contributed by atoms with E-state index in [0.29, 0.717) is 0 Å². The van der Waals surface area contributed by atoms with Crippen molar-refractivity contribution in [3.63, 3.8) is 0 Å². The van der Waals surface area contributed by atoms with Crippen molar-refractivity contribution in [1.82, 2.24) is 10.3 Å². The average Bonchev–Trinajstić information content (AvgIpc) is 2.50. The highest BCUT2D eigenvalue weighted by Gasteiger charge is 2.17. The van der Waals surface area contributed by atoms with Crippen molar-refractivity contribution in [1.29, 1.82) is 0 Å². The van der Waals surface area contributed by atoms with Gasteiger partial charge in [0.2, 0.25) is 0 Å². The number of halogens is 1. The van der Waals surface area contributed by atoms with E-state index in [9.17, 15) is 0 Å². The van der Waals surface area contributed by atoms with E-state index in [0.717, 1.165) is 4.47 Å². The van der Waals surface area contributed by atoms with Crippen LogP contribution < -0.4 is 5.32 Å². The number of nitrogens with zero attached hydrogens (tertiary/aromatic N) is 1. The van der Waals surface area contributed by atoms with Crippen LogP contribution in [-0.2, 0) is 0 Å². The summed E-state index contributed by atoms with van der Waals surface area (Å²) in [4.78, 5) is 4.21. The van der Waals surface area contributed by atoms with Crippen molar-refractivity contribution in [2.45, 2.75) is 13.0 Å². The van der Waals surface area contributed by atoms with Crippen LogP contribution in [0, 0.1) is 6.92 Å². The van der Waals surface area contributed by atoms with Crippen molar-refractivity contribution in [3.8, 4) is 0 Å². The van der Waals surface area contributed by atoms with Crippen LogP contribution in [0.3, 0.4) is 0 Å². The minimum absolute atomic E-state index is 0.145. The fourth-order valence-electron chi connectivity index (χ4n) is 2.74. The molecule has 0 aliphatic carbocycles. The van der Waals surface area contributed by atoms with Crippen LogP contribution in [0.15, 0.2) is 59.3 Å². The highest BCUT2D eigenvalue weighted by Crippen LogP contribution is 2.32. The van der Waals surface area contributed by atoms with Gasteiger partial charge in [-0.3, -0.25) is 4.98 Å². The Morgan fingerprint density at radius 1 is 1.10 bits per heavy atom. The summed E-state index contributed by atoms with van der Waals surface area (Å²) in [6.45, 7) is 2.10. The maximum atomic E-state index is 4.21. The minimum Gasteiger partial charge on any atom is -0.309 e. The first-order valence-electron chi connectivity index (χ1n) is 6.96. The first kappa shape index (κ1) is 14.2. The van der Waals surface area contributed by atoms with E-state index in [2.05, 4.69) is 75.6 Å². The van der Waals surface area contributed by atoms with Gasteiger partial charge in [0.05, 0.1) is 6.04 Å². The van der Waals surface area contributed by atoms with E-state index in [1.54, 1.807) is 0 Å². The van der Waals surface area contributed by atoms with E-state index < -0.39 is 0 Å². The summed E-state index contributed by atoms with van der Waals surface area (Å²) in [6.07, 6.45) is 3.76. The monoisotopic (exact) mass is 340 g/mol. The Morgan fingerprint density at radius 2 is 1.95 bits per heavy atom. The molecule has 0 aliphatic heterocycles. The fraction of sp³-hybridized carbons (Fsp3) is 0.167. The van der Waals surface area contributed by atoms with Crippen LogP contribution in [0.2, 0.25) is 0 Å². The molecule has 1 heterocycles. The fourth-order valence-corrected chi connectivity index (χ4v) is 3.47. The van der Waals surface area contributed by atoms with Gasteiger partial charge in [0, 0.05) is 22.3 Å². The van der Waals surface area contributed by atoms with Crippen molar-refractivity contribution in [2.24, 2.45) is 0 Å². The third-order valence-corrected chi connectivity index (χ3v) is 4.47. The van der Waals surface area contributed by atoms with Crippen LogP contribution in [0.25, 0.3) is 10.8 Å². The number of fused-ring (bicyclic) bond motifs is 1. The van der Waals surface area contributed by atoms with E-state index >= 15 is 0 Å². The van der Waals surface area contributed by atoms with Gasteiger partial charge in [-0.2, -0.15) is 0 Å². The second kappa shape index (κ2) is 5.96. The van der Waals surface area contributed by atoms with Crippen molar-refractivity contribution in [3.05, 3.63) is 76.0 Å². The predicted octanol–water partition coefficient (Wildman–Crippen LogP) is 4.61. The molecule has 1 atom stereocenters. The van der Waals surface area contributed by atoms with Gasteiger partial charge in [0.1, 0.15) is 0 Å². The number of nitrogens with one attached hydrogen (secondary N) is 1. The van der Waals surface area contributed by atoms with Gasteiger partial charge in [0.25, 0.3) is 0 Å². The van der Waals surface area contributed by atoms with Crippen molar-refractivity contribution in [2.75, 3.05) is 7.05 Å². The Hall–Kier alpha value is -1.71. The highest BCUT2D eigenvalue weighted by molar-refractivity contribution is 9.10. The Bertz CT molecular complexity index is 778. The zero-order valence-electron chi connectivity index (χ0n) is 12.1. The van der Waals surface area contributed by atoms with Gasteiger partial charge in [-0.05, 0) is 48.2 Å². The summed E-state index contributed by atoms with van der Waals surface area (Å²) >= 11 is 3.70. The molecule has 3 heteroatoms. The Morgan fingerprint density at radius 3 is 2.71 bits per heavy atom. The molecular formula is C18H17BrN2. The van der Waals surface area contributed by atoms with Gasteiger partial charge in [-0.25, -0.2) is 0 Å². The number of aromatic nitrogens is 1. The average molecular weight is 341 g/mol. The van der Waals surface area contributed by atoms with Crippen LogP contribution in [0.5, 0.6) is 0 Å². The zero-order chi connectivity index (χ0) is 14.8. The van der Waals surface area contributed by atoms with Crippen LogP contribution >= 0.6 is 15.9 Å². The Balaban J connectivity index is 2.18. The van der Waals surface area contributed by atoms with E-state index in [4.69, 9.17) is 0 Å². The maximum absolute atomic E-state index is 4.21. The lowest BCUT2D eigenvalue weighted by molar-refractivity contribution is 0.693. The Kier molecular flexibility index (Phi) is 4.04. The smallest absolute Gasteiger partial charge is 0.0591 e. The van der Waals surface area contributed by atoms with Crippen LogP contribution in [-0.4, -0.2) is 12.0 Å². The van der Waals surface area contributed by atoms with Crippen molar-refractivity contribution < 1.29 is 0 Å². The predicted molar refractivity (Wildman–Crippen MR) is 91.5 cm³/mol. The van der Waals surface area contributed by atoms with Gasteiger partial charge < -0.3 is 5.32 Å². The minimum atomic E-state index is 0.145. The summed E-state index contributed by atoms with van der Waals surface area (Å²) in [5.41, 5.74) is 3.76. The molecule has 0 saturated heterocycles. The molecule has 0 saturated carbocycles. The molecule has 0 aliphatic rings. The maximum Gasteiger partial charge on any atom is 0.0591 e. The summed E-state index contributed by atoms with van der Waals surface area (Å²) in [6, 6.07) is 15.1. The molecule has 0 radical (unpaired) electrons. The van der Waals surface area contributed by atoms with Gasteiger partial charge in [0.15, 0.2) is 0 Å². The third kappa shape index (κ3) is 2.71. The molecule has 3 rings (SSSR count). The second-order valence-corrected chi connectivity index (χ2v) is 6.05. The number of hydrogen-bond donors (Lipinski definition) is 1. The Labute approximate surface area is 133 Å². The molecule has 0 bridgehead atoms. The topological polar surface area (TPSA) is 24.9 Å². The van der Waals surface area contributed by atoms with Gasteiger partial charge in [-0.1, -0.05) is 46.3 Å². The number of rotatable bonds is 3. The molecule has 2 aromatic carbocycles. The number of aryl methyl sites for hydroxylation is 1. The molecule has 1 N–H and O–H groups in total.